The van der Waals surface area contributed by atoms with Crippen molar-refractivity contribution in [1.82, 2.24) is 0 Å². The smallest absolute Gasteiger partial charge is 0.357 e. The molecule has 2 rings (SSSR count). The van der Waals surface area contributed by atoms with E-state index < -0.39 is 17.5 Å². The van der Waals surface area contributed by atoms with Crippen molar-refractivity contribution in [2.75, 3.05) is 6.61 Å². The highest BCUT2D eigenvalue weighted by Gasteiger charge is 2.49. The van der Waals surface area contributed by atoms with E-state index in [1.165, 1.54) is 6.07 Å². The van der Waals surface area contributed by atoms with E-state index in [2.05, 4.69) is 0 Å². The van der Waals surface area contributed by atoms with E-state index in [1.807, 2.05) is 0 Å². The van der Waals surface area contributed by atoms with Crippen molar-refractivity contribution in [3.63, 3.8) is 0 Å². The zero-order valence-corrected chi connectivity index (χ0v) is 13.8. The van der Waals surface area contributed by atoms with Crippen LogP contribution in [0.2, 0.25) is 0 Å². The number of hydrogen-bond donors (Lipinski definition) is 0. The molecule has 1 radical (unpaired) electrons. The molecule has 0 saturated carbocycles. The minimum atomic E-state index is -2.69. The average molecular weight is 336 g/mol. The Balaban J connectivity index is 2.42. The Hall–Kier alpha value is -2.97. The van der Waals surface area contributed by atoms with Gasteiger partial charge in [0.2, 0.25) is 0 Å². The van der Waals surface area contributed by atoms with Gasteiger partial charge in [-0.2, -0.15) is 10.4 Å². The number of hydrogen-bond acceptors (Lipinski definition) is 4. The van der Waals surface area contributed by atoms with Gasteiger partial charge >= 0.3 is 5.97 Å². The summed E-state index contributed by atoms with van der Waals surface area (Å²) in [6.07, 6.45) is -0.260. The third kappa shape index (κ3) is 4.11. The van der Waals surface area contributed by atoms with Crippen LogP contribution in [0.3, 0.4) is 0 Å². The standard InChI is InChI=1S/C20H18NO4/c1-2-25-19(23)20(24,14-21)17(15-9-5-3-6-10-15)13-18(22)16-11-7-4-8-12-16/h3-12,17H,2,13H2,1H3. The van der Waals surface area contributed by atoms with Crippen molar-refractivity contribution in [2.45, 2.75) is 24.9 Å². The highest BCUT2D eigenvalue weighted by Crippen LogP contribution is 2.34. The quantitative estimate of drug-likeness (QED) is 0.573. The van der Waals surface area contributed by atoms with Crippen molar-refractivity contribution in [2.24, 2.45) is 0 Å². The lowest BCUT2D eigenvalue weighted by Gasteiger charge is -2.26. The highest BCUT2D eigenvalue weighted by atomic mass is 16.5. The molecule has 2 atom stereocenters. The highest BCUT2D eigenvalue weighted by molar-refractivity contribution is 5.97. The Bertz CT molecular complexity index is 767. The lowest BCUT2D eigenvalue weighted by atomic mass is 9.78. The van der Waals surface area contributed by atoms with Crippen LogP contribution >= 0.6 is 0 Å². The van der Waals surface area contributed by atoms with Gasteiger partial charge in [-0.1, -0.05) is 60.7 Å². The molecular weight excluding hydrogens is 318 g/mol. The van der Waals surface area contributed by atoms with E-state index in [-0.39, 0.29) is 18.8 Å². The molecule has 0 aliphatic rings. The SMILES string of the molecule is CCOC(=O)C([O])(C#N)C(CC(=O)c1ccccc1)c1ccccc1. The molecule has 0 fully saturated rings. The zero-order chi connectivity index (χ0) is 18.3. The number of ketones is 1. The molecule has 0 saturated heterocycles. The molecule has 2 unspecified atom stereocenters. The third-order valence-electron chi connectivity index (χ3n) is 3.92. The van der Waals surface area contributed by atoms with Crippen LogP contribution in [0.4, 0.5) is 0 Å². The first kappa shape index (κ1) is 18.4. The summed E-state index contributed by atoms with van der Waals surface area (Å²) in [5.74, 6) is -2.62. The van der Waals surface area contributed by atoms with Gasteiger partial charge in [0.25, 0.3) is 5.60 Å². The van der Waals surface area contributed by atoms with Gasteiger partial charge in [-0.15, -0.1) is 0 Å². The molecule has 0 N–H and O–H groups in total. The van der Waals surface area contributed by atoms with Crippen LogP contribution in [-0.2, 0) is 14.6 Å². The molecule has 25 heavy (non-hydrogen) atoms. The zero-order valence-electron chi connectivity index (χ0n) is 13.8. The molecule has 0 aliphatic carbocycles. The van der Waals surface area contributed by atoms with E-state index in [0.29, 0.717) is 11.1 Å². The van der Waals surface area contributed by atoms with Crippen molar-refractivity contribution < 1.29 is 19.4 Å². The Labute approximate surface area is 146 Å². The summed E-state index contributed by atoms with van der Waals surface area (Å²) in [4.78, 5) is 24.7. The molecule has 5 nitrogen and oxygen atoms in total. The number of carbonyl (C=O) groups excluding carboxylic acids is 2. The van der Waals surface area contributed by atoms with Gasteiger partial charge in [0.15, 0.2) is 5.78 Å². The summed E-state index contributed by atoms with van der Waals surface area (Å²) in [5, 5.41) is 22.5. The number of rotatable bonds is 7. The van der Waals surface area contributed by atoms with Crippen molar-refractivity contribution in [3.05, 3.63) is 71.8 Å². The Kier molecular flexibility index (Phi) is 6.04. The van der Waals surface area contributed by atoms with Crippen molar-refractivity contribution in [1.29, 1.82) is 5.26 Å². The van der Waals surface area contributed by atoms with E-state index in [4.69, 9.17) is 4.74 Å². The normalized spacial score (nSPS) is 14.0. The van der Waals surface area contributed by atoms with Crippen LogP contribution in [0.5, 0.6) is 0 Å². The molecule has 0 bridgehead atoms. The fraction of sp³-hybridized carbons (Fsp3) is 0.250. The second kappa shape index (κ2) is 8.22. The van der Waals surface area contributed by atoms with Gasteiger partial charge in [-0.25, -0.2) is 4.79 Å². The Morgan fingerprint density at radius 2 is 1.64 bits per heavy atom. The van der Waals surface area contributed by atoms with Crippen LogP contribution in [0.15, 0.2) is 60.7 Å². The molecule has 0 spiro atoms. The second-order valence-electron chi connectivity index (χ2n) is 5.52. The summed E-state index contributed by atoms with van der Waals surface area (Å²) in [6.45, 7) is 1.54. The van der Waals surface area contributed by atoms with Gasteiger partial charge in [-0.3, -0.25) is 4.79 Å². The molecule has 2 aromatic carbocycles. The predicted octanol–water partition coefficient (Wildman–Crippen LogP) is 3.30. The lowest BCUT2D eigenvalue weighted by Crippen LogP contribution is -2.44. The van der Waals surface area contributed by atoms with Gasteiger partial charge in [0, 0.05) is 17.9 Å². The average Bonchev–Trinajstić information content (AvgIpc) is 2.66. The van der Waals surface area contributed by atoms with Crippen LogP contribution in [0.25, 0.3) is 0 Å². The first-order valence-corrected chi connectivity index (χ1v) is 7.95. The second-order valence-corrected chi connectivity index (χ2v) is 5.52. The molecular formula is C20H18NO4. The molecule has 0 aliphatic heterocycles. The van der Waals surface area contributed by atoms with Crippen molar-refractivity contribution >= 4 is 11.8 Å². The molecule has 5 heteroatoms. The molecule has 127 valence electrons. The molecule has 0 aromatic heterocycles. The maximum atomic E-state index is 13.0. The maximum Gasteiger partial charge on any atom is 0.357 e. The third-order valence-corrected chi connectivity index (χ3v) is 3.92. The minimum absolute atomic E-state index is 0.0152. The van der Waals surface area contributed by atoms with Crippen LogP contribution in [-0.4, -0.2) is 24.0 Å². The number of benzene rings is 2. The summed E-state index contributed by atoms with van der Waals surface area (Å²) in [5.41, 5.74) is -1.81. The largest absolute Gasteiger partial charge is 0.463 e. The first-order valence-electron chi connectivity index (χ1n) is 7.95. The fourth-order valence-corrected chi connectivity index (χ4v) is 2.61. The van der Waals surface area contributed by atoms with Crippen LogP contribution < -0.4 is 0 Å². The number of esters is 1. The Morgan fingerprint density at radius 1 is 1.08 bits per heavy atom. The summed E-state index contributed by atoms with van der Waals surface area (Å²) in [7, 11) is 0. The Morgan fingerprint density at radius 3 is 2.16 bits per heavy atom. The summed E-state index contributed by atoms with van der Waals surface area (Å²) in [6, 6.07) is 18.4. The van der Waals surface area contributed by atoms with E-state index >= 15 is 0 Å². The van der Waals surface area contributed by atoms with E-state index in [1.54, 1.807) is 67.6 Å². The van der Waals surface area contributed by atoms with Crippen molar-refractivity contribution in [3.8, 4) is 6.07 Å². The lowest BCUT2D eigenvalue weighted by molar-refractivity contribution is -0.167. The molecule has 2 aromatic rings. The fourth-order valence-electron chi connectivity index (χ4n) is 2.61. The number of Topliss-reactive ketones (excluding diaryl/α,β-unsaturated/α-hetero) is 1. The summed E-state index contributed by atoms with van der Waals surface area (Å²) >= 11 is 0. The van der Waals surface area contributed by atoms with E-state index in [0.717, 1.165) is 0 Å². The topological polar surface area (TPSA) is 87.1 Å². The van der Waals surface area contributed by atoms with Crippen LogP contribution in [0.1, 0.15) is 35.2 Å². The number of carbonyl (C=O) groups is 2. The van der Waals surface area contributed by atoms with Gasteiger partial charge in [0.05, 0.1) is 6.61 Å². The van der Waals surface area contributed by atoms with Gasteiger partial charge < -0.3 is 4.74 Å². The van der Waals surface area contributed by atoms with Gasteiger partial charge in [0.1, 0.15) is 6.07 Å². The monoisotopic (exact) mass is 336 g/mol. The minimum Gasteiger partial charge on any atom is -0.463 e. The van der Waals surface area contributed by atoms with Crippen LogP contribution in [0, 0.1) is 11.3 Å². The van der Waals surface area contributed by atoms with Gasteiger partial charge in [-0.05, 0) is 12.5 Å². The predicted molar refractivity (Wildman–Crippen MR) is 90.2 cm³/mol. The maximum absolute atomic E-state index is 13.0. The number of nitriles is 1. The molecule has 0 heterocycles. The van der Waals surface area contributed by atoms with E-state index in [9.17, 15) is 20.0 Å². The summed E-state index contributed by atoms with van der Waals surface area (Å²) < 4.78 is 4.80. The number of ether oxygens (including phenoxy) is 1. The number of nitrogens with zero attached hydrogens (tertiary/aromatic N) is 1. The first-order chi connectivity index (χ1) is 12.0. The molecule has 0 amide bonds.